The fraction of sp³-hybridized carbons (Fsp3) is 0.571. The van der Waals surface area contributed by atoms with E-state index in [1.807, 2.05) is 6.07 Å². The molecule has 0 amide bonds. The number of benzene rings is 1. The molecular formula is C14H23NO2. The maximum absolute atomic E-state index is 5.57. The van der Waals surface area contributed by atoms with E-state index < -0.39 is 0 Å². The minimum Gasteiger partial charge on any atom is -0.382 e. The number of nitrogens with one attached hydrogen (secondary N) is 1. The fourth-order valence-electron chi connectivity index (χ4n) is 1.75. The van der Waals surface area contributed by atoms with Gasteiger partial charge in [-0.1, -0.05) is 37.3 Å². The van der Waals surface area contributed by atoms with Gasteiger partial charge in [0.1, 0.15) is 0 Å². The number of hydrogen-bond acceptors (Lipinski definition) is 3. The first-order valence-corrected chi connectivity index (χ1v) is 6.20. The molecule has 0 spiro atoms. The summed E-state index contributed by atoms with van der Waals surface area (Å²) in [5, 5.41) is 3.44. The van der Waals surface area contributed by atoms with Gasteiger partial charge in [0.15, 0.2) is 0 Å². The molecule has 0 aliphatic carbocycles. The second kappa shape index (κ2) is 9.16. The molecule has 0 aromatic heterocycles. The highest BCUT2D eigenvalue weighted by atomic mass is 16.5. The lowest BCUT2D eigenvalue weighted by atomic mass is 10.1. The summed E-state index contributed by atoms with van der Waals surface area (Å²) < 4.78 is 10.5. The Hall–Kier alpha value is -0.900. The smallest absolute Gasteiger partial charge is 0.0701 e. The Bertz CT molecular complexity index is 277. The second-order valence-electron chi connectivity index (χ2n) is 4.01. The first kappa shape index (κ1) is 14.2. The fourth-order valence-corrected chi connectivity index (χ4v) is 1.75. The highest BCUT2D eigenvalue weighted by Gasteiger charge is 2.08. The Morgan fingerprint density at radius 2 is 1.94 bits per heavy atom. The maximum atomic E-state index is 5.57. The number of hydrogen-bond donors (Lipinski definition) is 1. The summed E-state index contributed by atoms with van der Waals surface area (Å²) in [6.07, 6.45) is 1.00. The van der Waals surface area contributed by atoms with Crippen LogP contribution in [0.3, 0.4) is 0 Å². The van der Waals surface area contributed by atoms with Crippen LogP contribution in [0.25, 0.3) is 0 Å². The molecule has 1 unspecified atom stereocenters. The van der Waals surface area contributed by atoms with E-state index in [-0.39, 0.29) is 0 Å². The minimum atomic E-state index is 0.374. The summed E-state index contributed by atoms with van der Waals surface area (Å²) in [7, 11) is 1.69. The summed E-state index contributed by atoms with van der Waals surface area (Å²) in [4.78, 5) is 0. The SMILES string of the molecule is CCNC(COCCOC)Cc1ccccc1. The van der Waals surface area contributed by atoms with E-state index in [1.54, 1.807) is 7.11 Å². The van der Waals surface area contributed by atoms with Gasteiger partial charge in [0.05, 0.1) is 19.8 Å². The van der Waals surface area contributed by atoms with E-state index >= 15 is 0 Å². The van der Waals surface area contributed by atoms with Crippen molar-refractivity contribution in [2.45, 2.75) is 19.4 Å². The van der Waals surface area contributed by atoms with E-state index in [2.05, 4.69) is 36.5 Å². The number of methoxy groups -OCH3 is 1. The van der Waals surface area contributed by atoms with Crippen LogP contribution in [0.15, 0.2) is 30.3 Å². The molecule has 0 heterocycles. The van der Waals surface area contributed by atoms with Crippen LogP contribution in [0.5, 0.6) is 0 Å². The monoisotopic (exact) mass is 237 g/mol. The maximum Gasteiger partial charge on any atom is 0.0701 e. The van der Waals surface area contributed by atoms with Crippen LogP contribution in [0, 0.1) is 0 Å². The number of ether oxygens (including phenoxy) is 2. The van der Waals surface area contributed by atoms with E-state index in [0.717, 1.165) is 19.6 Å². The Labute approximate surface area is 104 Å². The predicted molar refractivity (Wildman–Crippen MR) is 70.3 cm³/mol. The van der Waals surface area contributed by atoms with Crippen LogP contribution < -0.4 is 5.32 Å². The topological polar surface area (TPSA) is 30.5 Å². The number of rotatable bonds is 9. The van der Waals surface area contributed by atoms with Crippen molar-refractivity contribution in [2.24, 2.45) is 0 Å². The van der Waals surface area contributed by atoms with Gasteiger partial charge in [-0.05, 0) is 18.5 Å². The molecule has 0 saturated carbocycles. The van der Waals surface area contributed by atoms with Crippen LogP contribution in [0.2, 0.25) is 0 Å². The quantitative estimate of drug-likeness (QED) is 0.665. The van der Waals surface area contributed by atoms with E-state index in [9.17, 15) is 0 Å². The molecule has 1 N–H and O–H groups in total. The molecular weight excluding hydrogens is 214 g/mol. The lowest BCUT2D eigenvalue weighted by Crippen LogP contribution is -2.35. The van der Waals surface area contributed by atoms with Crippen LogP contribution in [-0.2, 0) is 15.9 Å². The zero-order chi connectivity index (χ0) is 12.3. The molecule has 0 saturated heterocycles. The molecule has 1 atom stereocenters. The van der Waals surface area contributed by atoms with Crippen molar-refractivity contribution in [3.63, 3.8) is 0 Å². The molecule has 3 heteroatoms. The summed E-state index contributed by atoms with van der Waals surface area (Å²) in [6, 6.07) is 10.9. The average Bonchev–Trinajstić information content (AvgIpc) is 2.36. The van der Waals surface area contributed by atoms with Gasteiger partial charge in [0.25, 0.3) is 0 Å². The van der Waals surface area contributed by atoms with Gasteiger partial charge in [0, 0.05) is 13.2 Å². The molecule has 96 valence electrons. The normalized spacial score (nSPS) is 12.6. The third kappa shape index (κ3) is 6.41. The molecule has 17 heavy (non-hydrogen) atoms. The van der Waals surface area contributed by atoms with Crippen molar-refractivity contribution < 1.29 is 9.47 Å². The van der Waals surface area contributed by atoms with Gasteiger partial charge in [-0.25, -0.2) is 0 Å². The first-order chi connectivity index (χ1) is 8.36. The van der Waals surface area contributed by atoms with Gasteiger partial charge < -0.3 is 14.8 Å². The summed E-state index contributed by atoms with van der Waals surface area (Å²) >= 11 is 0. The van der Waals surface area contributed by atoms with Crippen molar-refractivity contribution >= 4 is 0 Å². The molecule has 0 aliphatic heterocycles. The first-order valence-electron chi connectivity index (χ1n) is 6.20. The highest BCUT2D eigenvalue weighted by Crippen LogP contribution is 2.03. The molecule has 3 nitrogen and oxygen atoms in total. The van der Waals surface area contributed by atoms with Gasteiger partial charge in [-0.2, -0.15) is 0 Å². The lowest BCUT2D eigenvalue weighted by Gasteiger charge is -2.18. The minimum absolute atomic E-state index is 0.374. The van der Waals surface area contributed by atoms with Crippen LogP contribution in [0.4, 0.5) is 0 Å². The van der Waals surface area contributed by atoms with Crippen molar-refractivity contribution in [1.82, 2.24) is 5.32 Å². The lowest BCUT2D eigenvalue weighted by molar-refractivity contribution is 0.0589. The van der Waals surface area contributed by atoms with Gasteiger partial charge in [-0.15, -0.1) is 0 Å². The zero-order valence-electron chi connectivity index (χ0n) is 10.8. The Morgan fingerprint density at radius 3 is 2.59 bits per heavy atom. The molecule has 0 bridgehead atoms. The second-order valence-corrected chi connectivity index (χ2v) is 4.01. The molecule has 0 fully saturated rings. The summed E-state index contributed by atoms with van der Waals surface area (Å²) in [5.74, 6) is 0. The number of likely N-dealkylation sites (N-methyl/N-ethyl adjacent to an activating group) is 1. The van der Waals surface area contributed by atoms with Crippen LogP contribution >= 0.6 is 0 Å². The standard InChI is InChI=1S/C14H23NO2/c1-3-15-14(12-17-10-9-16-2)11-13-7-5-4-6-8-13/h4-8,14-15H,3,9-12H2,1-2H3. The van der Waals surface area contributed by atoms with Gasteiger partial charge >= 0.3 is 0 Å². The van der Waals surface area contributed by atoms with Crippen molar-refractivity contribution in [3.05, 3.63) is 35.9 Å². The Morgan fingerprint density at radius 1 is 1.18 bits per heavy atom. The Balaban J connectivity index is 2.32. The van der Waals surface area contributed by atoms with Crippen molar-refractivity contribution in [1.29, 1.82) is 0 Å². The molecule has 0 aliphatic rings. The van der Waals surface area contributed by atoms with Crippen molar-refractivity contribution in [3.8, 4) is 0 Å². The third-order valence-corrected chi connectivity index (χ3v) is 2.57. The zero-order valence-corrected chi connectivity index (χ0v) is 10.8. The highest BCUT2D eigenvalue weighted by molar-refractivity contribution is 5.15. The summed E-state index contributed by atoms with van der Waals surface area (Å²) in [6.45, 7) is 5.13. The largest absolute Gasteiger partial charge is 0.382 e. The van der Waals surface area contributed by atoms with Gasteiger partial charge in [-0.3, -0.25) is 0 Å². The third-order valence-electron chi connectivity index (χ3n) is 2.57. The molecule has 1 aromatic carbocycles. The average molecular weight is 237 g/mol. The molecule has 1 aromatic rings. The van der Waals surface area contributed by atoms with E-state index in [0.29, 0.717) is 19.3 Å². The van der Waals surface area contributed by atoms with E-state index in [4.69, 9.17) is 9.47 Å². The Kier molecular flexibility index (Phi) is 7.63. The van der Waals surface area contributed by atoms with Crippen LogP contribution in [-0.4, -0.2) is 39.5 Å². The predicted octanol–water partition coefficient (Wildman–Crippen LogP) is 1.87. The molecule has 1 rings (SSSR count). The van der Waals surface area contributed by atoms with Gasteiger partial charge in [0.2, 0.25) is 0 Å². The van der Waals surface area contributed by atoms with E-state index in [1.165, 1.54) is 5.56 Å². The molecule has 0 radical (unpaired) electrons. The van der Waals surface area contributed by atoms with Crippen LogP contribution in [0.1, 0.15) is 12.5 Å². The van der Waals surface area contributed by atoms with Crippen molar-refractivity contribution in [2.75, 3.05) is 33.5 Å². The summed E-state index contributed by atoms with van der Waals surface area (Å²) in [5.41, 5.74) is 1.34.